The van der Waals surface area contributed by atoms with Crippen molar-refractivity contribution in [2.75, 3.05) is 31.1 Å². The first-order valence-electron chi connectivity index (χ1n) is 10.0. The van der Waals surface area contributed by atoms with Gasteiger partial charge in [0.25, 0.3) is 0 Å². The van der Waals surface area contributed by atoms with E-state index in [-0.39, 0.29) is 17.4 Å². The Hall–Kier alpha value is -2.80. The molecule has 1 saturated heterocycles. The van der Waals surface area contributed by atoms with Gasteiger partial charge in [0.1, 0.15) is 11.9 Å². The molecule has 0 aliphatic carbocycles. The Balaban J connectivity index is 1.66. The van der Waals surface area contributed by atoms with E-state index in [0.717, 1.165) is 26.2 Å². The Morgan fingerprint density at radius 1 is 0.897 bits per heavy atom. The lowest BCUT2D eigenvalue weighted by Gasteiger charge is -2.40. The van der Waals surface area contributed by atoms with Crippen molar-refractivity contribution in [2.24, 2.45) is 0 Å². The van der Waals surface area contributed by atoms with E-state index in [9.17, 15) is 4.39 Å². The number of rotatable bonds is 4. The van der Waals surface area contributed by atoms with Crippen LogP contribution in [0.5, 0.6) is 0 Å². The van der Waals surface area contributed by atoms with Gasteiger partial charge >= 0.3 is 0 Å². The molecule has 0 amide bonds. The number of para-hydroxylation sites is 1. The predicted molar refractivity (Wildman–Crippen MR) is 111 cm³/mol. The smallest absolute Gasteiger partial charge is 0.173 e. The molecule has 0 saturated carbocycles. The van der Waals surface area contributed by atoms with Crippen LogP contribution in [0.15, 0.2) is 54.6 Å². The maximum atomic E-state index is 14.8. The van der Waals surface area contributed by atoms with E-state index in [2.05, 4.69) is 70.4 Å². The zero-order valence-corrected chi connectivity index (χ0v) is 17.2. The second kappa shape index (κ2) is 7.91. The molecule has 4 rings (SSSR count). The van der Waals surface area contributed by atoms with Crippen LogP contribution in [0.25, 0.3) is 0 Å². The zero-order chi connectivity index (χ0) is 20.4. The second-order valence-electron chi connectivity index (χ2n) is 8.40. The summed E-state index contributed by atoms with van der Waals surface area (Å²) >= 11 is 0. The molecule has 2 heterocycles. The SMILES string of the molecule is CC(C)(C)n1nnnc1[C@@H](c1ccccc1F)N1CCN(c2ccccc2)CC1. The number of halogens is 1. The molecule has 0 unspecified atom stereocenters. The van der Waals surface area contributed by atoms with Crippen LogP contribution in [-0.2, 0) is 5.54 Å². The van der Waals surface area contributed by atoms with E-state index < -0.39 is 0 Å². The molecule has 0 radical (unpaired) electrons. The predicted octanol–water partition coefficient (Wildman–Crippen LogP) is 3.48. The van der Waals surface area contributed by atoms with Crippen molar-refractivity contribution in [1.29, 1.82) is 0 Å². The van der Waals surface area contributed by atoms with Crippen LogP contribution in [0.1, 0.15) is 38.2 Å². The summed E-state index contributed by atoms with van der Waals surface area (Å²) in [6, 6.07) is 17.0. The minimum absolute atomic E-state index is 0.230. The highest BCUT2D eigenvalue weighted by molar-refractivity contribution is 5.46. The zero-order valence-electron chi connectivity index (χ0n) is 17.2. The third-order valence-electron chi connectivity index (χ3n) is 5.37. The number of hydrogen-bond donors (Lipinski definition) is 0. The van der Waals surface area contributed by atoms with Crippen molar-refractivity contribution in [1.82, 2.24) is 25.1 Å². The summed E-state index contributed by atoms with van der Waals surface area (Å²) in [4.78, 5) is 4.65. The lowest BCUT2D eigenvalue weighted by molar-refractivity contribution is 0.188. The highest BCUT2D eigenvalue weighted by Crippen LogP contribution is 2.32. The molecule has 1 atom stereocenters. The highest BCUT2D eigenvalue weighted by atomic mass is 19.1. The van der Waals surface area contributed by atoms with E-state index in [4.69, 9.17) is 0 Å². The van der Waals surface area contributed by atoms with Gasteiger partial charge in [0.15, 0.2) is 5.82 Å². The summed E-state index contributed by atoms with van der Waals surface area (Å²) in [5, 5.41) is 12.5. The Morgan fingerprint density at radius 2 is 1.55 bits per heavy atom. The molecule has 0 N–H and O–H groups in total. The largest absolute Gasteiger partial charge is 0.369 e. The third kappa shape index (κ3) is 4.00. The van der Waals surface area contributed by atoms with Gasteiger partial charge in [-0.25, -0.2) is 9.07 Å². The monoisotopic (exact) mass is 394 g/mol. The fourth-order valence-electron chi connectivity index (χ4n) is 3.92. The lowest BCUT2D eigenvalue weighted by atomic mass is 10.0. The first-order valence-corrected chi connectivity index (χ1v) is 10.0. The summed E-state index contributed by atoms with van der Waals surface area (Å²) in [6.07, 6.45) is 0. The molecule has 1 aliphatic heterocycles. The van der Waals surface area contributed by atoms with Crippen LogP contribution in [0.2, 0.25) is 0 Å². The first kappa shape index (κ1) is 19.5. The van der Waals surface area contributed by atoms with Crippen LogP contribution in [0.4, 0.5) is 10.1 Å². The van der Waals surface area contributed by atoms with Gasteiger partial charge in [-0.15, -0.1) is 5.10 Å². The summed E-state index contributed by atoms with van der Waals surface area (Å²) < 4.78 is 16.7. The van der Waals surface area contributed by atoms with Crippen LogP contribution >= 0.6 is 0 Å². The van der Waals surface area contributed by atoms with Crippen molar-refractivity contribution in [3.63, 3.8) is 0 Å². The molecular formula is C22H27FN6. The highest BCUT2D eigenvalue weighted by Gasteiger charge is 2.34. The summed E-state index contributed by atoms with van der Waals surface area (Å²) in [7, 11) is 0. The molecule has 1 aromatic heterocycles. The Morgan fingerprint density at radius 3 is 2.21 bits per heavy atom. The number of nitrogens with zero attached hydrogens (tertiary/aromatic N) is 6. The summed E-state index contributed by atoms with van der Waals surface area (Å²) in [6.45, 7) is 9.49. The van der Waals surface area contributed by atoms with Gasteiger partial charge in [-0.1, -0.05) is 36.4 Å². The van der Waals surface area contributed by atoms with Crippen molar-refractivity contribution in [3.8, 4) is 0 Å². The maximum absolute atomic E-state index is 14.8. The number of piperazine rings is 1. The molecular weight excluding hydrogens is 367 g/mol. The van der Waals surface area contributed by atoms with E-state index >= 15 is 0 Å². The standard InChI is InChI=1S/C22H27FN6/c1-22(2,3)29-21(24-25-26-29)20(18-11-7-8-12-19(18)23)28-15-13-27(14-16-28)17-9-5-4-6-10-17/h4-12,20H,13-16H2,1-3H3/t20-/m1/s1. The minimum Gasteiger partial charge on any atom is -0.369 e. The van der Waals surface area contributed by atoms with Crippen molar-refractivity contribution < 1.29 is 4.39 Å². The van der Waals surface area contributed by atoms with Crippen molar-refractivity contribution in [2.45, 2.75) is 32.4 Å². The van der Waals surface area contributed by atoms with Gasteiger partial charge in [0.2, 0.25) is 0 Å². The molecule has 0 spiro atoms. The van der Waals surface area contributed by atoms with Crippen molar-refractivity contribution in [3.05, 3.63) is 71.8 Å². The molecule has 7 heteroatoms. The minimum atomic E-state index is -0.330. The number of tetrazole rings is 1. The first-order chi connectivity index (χ1) is 13.9. The number of anilines is 1. The van der Waals surface area contributed by atoms with Crippen LogP contribution in [0.3, 0.4) is 0 Å². The molecule has 6 nitrogen and oxygen atoms in total. The van der Waals surface area contributed by atoms with Crippen LogP contribution < -0.4 is 4.90 Å². The fraction of sp³-hybridized carbons (Fsp3) is 0.409. The summed E-state index contributed by atoms with van der Waals surface area (Å²) in [5.74, 6) is 0.446. The number of aromatic nitrogens is 4. The van der Waals surface area contributed by atoms with E-state index in [1.54, 1.807) is 6.07 Å². The lowest BCUT2D eigenvalue weighted by Crippen LogP contribution is -2.49. The number of benzene rings is 2. The maximum Gasteiger partial charge on any atom is 0.173 e. The van der Waals surface area contributed by atoms with Gasteiger partial charge in [-0.05, 0) is 49.4 Å². The molecule has 1 aliphatic rings. The van der Waals surface area contributed by atoms with Crippen molar-refractivity contribution >= 4 is 5.69 Å². The van der Waals surface area contributed by atoms with Gasteiger partial charge in [-0.3, -0.25) is 4.90 Å². The van der Waals surface area contributed by atoms with E-state index in [0.29, 0.717) is 11.4 Å². The topological polar surface area (TPSA) is 50.1 Å². The number of hydrogen-bond acceptors (Lipinski definition) is 5. The average Bonchev–Trinajstić information content (AvgIpc) is 3.21. The Kier molecular flexibility index (Phi) is 5.32. The van der Waals surface area contributed by atoms with Crippen LogP contribution in [-0.4, -0.2) is 51.3 Å². The molecule has 152 valence electrons. The molecule has 0 bridgehead atoms. The van der Waals surface area contributed by atoms with Gasteiger partial charge in [0.05, 0.1) is 5.54 Å². The second-order valence-corrected chi connectivity index (χ2v) is 8.40. The third-order valence-corrected chi connectivity index (χ3v) is 5.37. The molecule has 29 heavy (non-hydrogen) atoms. The summed E-state index contributed by atoms with van der Waals surface area (Å²) in [5.41, 5.74) is 1.53. The Labute approximate surface area is 170 Å². The quantitative estimate of drug-likeness (QED) is 0.678. The van der Waals surface area contributed by atoms with Gasteiger partial charge in [-0.2, -0.15) is 0 Å². The Bertz CT molecular complexity index is 941. The van der Waals surface area contributed by atoms with Gasteiger partial charge in [0, 0.05) is 37.4 Å². The average molecular weight is 394 g/mol. The molecule has 1 fully saturated rings. The fourth-order valence-corrected chi connectivity index (χ4v) is 3.92. The molecule has 3 aromatic rings. The van der Waals surface area contributed by atoms with Gasteiger partial charge < -0.3 is 4.90 Å². The molecule has 2 aromatic carbocycles. The van der Waals surface area contributed by atoms with E-state index in [1.807, 2.05) is 22.9 Å². The van der Waals surface area contributed by atoms with E-state index in [1.165, 1.54) is 11.8 Å². The normalized spacial score (nSPS) is 16.8. The van der Waals surface area contributed by atoms with Crippen LogP contribution in [0, 0.1) is 5.82 Å².